The molecule has 1 aromatic carbocycles. The quantitative estimate of drug-likeness (QED) is 0.270. The molecule has 0 aliphatic carbocycles. The summed E-state index contributed by atoms with van der Waals surface area (Å²) in [5.41, 5.74) is 6.70. The van der Waals surface area contributed by atoms with Gasteiger partial charge in [0.1, 0.15) is 5.69 Å². The molecule has 7 heteroatoms. The highest BCUT2D eigenvalue weighted by molar-refractivity contribution is 5.59. The second-order valence-electron chi connectivity index (χ2n) is 5.74. The van der Waals surface area contributed by atoms with Crippen molar-refractivity contribution in [2.45, 2.75) is 64.0 Å². The molecule has 0 aliphatic heterocycles. The van der Waals surface area contributed by atoms with Crippen LogP contribution in [0.3, 0.4) is 0 Å². The Hall–Kier alpha value is -1.79. The van der Waals surface area contributed by atoms with E-state index < -0.39 is 17.5 Å². The zero-order chi connectivity index (χ0) is 17.3. The molecular weight excluding hydrogens is 309 g/mol. The predicted molar refractivity (Wildman–Crippen MR) is 84.2 cm³/mol. The largest absolute Gasteiger partial charge is 0.393 e. The van der Waals surface area contributed by atoms with Crippen LogP contribution in [0.5, 0.6) is 0 Å². The topological polar surface area (TPSA) is 69.2 Å². The molecule has 0 spiro atoms. The van der Waals surface area contributed by atoms with Gasteiger partial charge in [0, 0.05) is 12.5 Å². The van der Waals surface area contributed by atoms with E-state index in [1.807, 2.05) is 0 Å². The molecule has 0 heterocycles. The van der Waals surface area contributed by atoms with Crippen molar-refractivity contribution in [3.05, 3.63) is 33.9 Å². The molecule has 1 aromatic rings. The summed E-state index contributed by atoms with van der Waals surface area (Å²) < 4.78 is 35.8. The fraction of sp³-hybridized carbons (Fsp3) is 0.625. The molecule has 0 radical (unpaired) electrons. The van der Waals surface area contributed by atoms with Crippen molar-refractivity contribution in [2.75, 3.05) is 5.73 Å². The Labute approximate surface area is 134 Å². The third-order valence-electron chi connectivity index (χ3n) is 3.71. The fourth-order valence-electron chi connectivity index (χ4n) is 2.46. The van der Waals surface area contributed by atoms with E-state index in [1.165, 1.54) is 6.07 Å². The molecule has 0 aromatic heterocycles. The van der Waals surface area contributed by atoms with Crippen LogP contribution in [0.25, 0.3) is 0 Å². The van der Waals surface area contributed by atoms with Gasteiger partial charge in [-0.25, -0.2) is 0 Å². The molecule has 0 fully saturated rings. The van der Waals surface area contributed by atoms with E-state index in [0.717, 1.165) is 44.1 Å². The van der Waals surface area contributed by atoms with E-state index >= 15 is 0 Å². The van der Waals surface area contributed by atoms with Gasteiger partial charge in [-0.15, -0.1) is 0 Å². The molecular formula is C16H23F3N2O2. The molecule has 0 aliphatic rings. The average molecular weight is 332 g/mol. The van der Waals surface area contributed by atoms with Gasteiger partial charge in [0.25, 0.3) is 5.69 Å². The monoisotopic (exact) mass is 332 g/mol. The van der Waals surface area contributed by atoms with Crippen LogP contribution >= 0.6 is 0 Å². The zero-order valence-corrected chi connectivity index (χ0v) is 13.1. The fourth-order valence-corrected chi connectivity index (χ4v) is 2.46. The summed E-state index contributed by atoms with van der Waals surface area (Å²) in [4.78, 5) is 10.2. The van der Waals surface area contributed by atoms with E-state index in [4.69, 9.17) is 5.73 Å². The van der Waals surface area contributed by atoms with Crippen LogP contribution in [-0.2, 0) is 6.42 Å². The first-order valence-electron chi connectivity index (χ1n) is 7.89. The Bertz CT molecular complexity index is 505. The summed E-state index contributed by atoms with van der Waals surface area (Å²) in [6.07, 6.45) is 1.63. The summed E-state index contributed by atoms with van der Waals surface area (Å²) in [6, 6.07) is 4.77. The standard InChI is InChI=1S/C16H23F3N2O2/c17-16(18,19)11-7-5-3-1-2-4-6-8-13-9-10-15(21(22)23)14(20)12-13/h9-10,12H,1-8,11,20H2. The predicted octanol–water partition coefficient (Wildman–Crippen LogP) is 5.40. The Kier molecular flexibility index (Phi) is 7.85. The van der Waals surface area contributed by atoms with E-state index in [2.05, 4.69) is 0 Å². The van der Waals surface area contributed by atoms with Gasteiger partial charge in [-0.05, 0) is 30.9 Å². The summed E-state index contributed by atoms with van der Waals surface area (Å²) in [5.74, 6) is 0. The number of nitro groups is 1. The number of unbranched alkanes of at least 4 members (excludes halogenated alkanes) is 6. The van der Waals surface area contributed by atoms with Crippen molar-refractivity contribution in [2.24, 2.45) is 0 Å². The summed E-state index contributed by atoms with van der Waals surface area (Å²) in [5, 5.41) is 10.7. The molecule has 0 saturated heterocycles. The second-order valence-corrected chi connectivity index (χ2v) is 5.74. The minimum atomic E-state index is -4.04. The highest BCUT2D eigenvalue weighted by Gasteiger charge is 2.25. The van der Waals surface area contributed by atoms with Gasteiger partial charge in [0.05, 0.1) is 4.92 Å². The lowest BCUT2D eigenvalue weighted by atomic mass is 10.0. The Morgan fingerprint density at radius 1 is 1.00 bits per heavy atom. The van der Waals surface area contributed by atoms with Crippen molar-refractivity contribution in [1.29, 1.82) is 0 Å². The summed E-state index contributed by atoms with van der Waals surface area (Å²) >= 11 is 0. The molecule has 23 heavy (non-hydrogen) atoms. The molecule has 0 amide bonds. The van der Waals surface area contributed by atoms with Gasteiger partial charge in [0.15, 0.2) is 0 Å². The van der Waals surface area contributed by atoms with Crippen LogP contribution in [0.2, 0.25) is 0 Å². The number of nitrogens with two attached hydrogens (primary N) is 1. The van der Waals surface area contributed by atoms with E-state index in [0.29, 0.717) is 6.42 Å². The van der Waals surface area contributed by atoms with Gasteiger partial charge in [0.2, 0.25) is 0 Å². The number of aryl methyl sites for hydroxylation is 1. The smallest absolute Gasteiger partial charge is 0.389 e. The third kappa shape index (κ3) is 8.42. The number of nitrogens with zero attached hydrogens (tertiary/aromatic N) is 1. The SMILES string of the molecule is Nc1cc(CCCCCCCCCC(F)(F)F)ccc1[N+](=O)[O-]. The third-order valence-corrected chi connectivity index (χ3v) is 3.71. The normalized spacial score (nSPS) is 11.6. The van der Waals surface area contributed by atoms with E-state index in [-0.39, 0.29) is 17.8 Å². The van der Waals surface area contributed by atoms with Crippen LogP contribution in [-0.4, -0.2) is 11.1 Å². The number of alkyl halides is 3. The van der Waals surface area contributed by atoms with Crippen LogP contribution in [0, 0.1) is 10.1 Å². The number of nitro benzene ring substituents is 1. The minimum Gasteiger partial charge on any atom is -0.393 e. The number of rotatable bonds is 10. The number of hydrogen-bond donors (Lipinski definition) is 1. The lowest BCUT2D eigenvalue weighted by Crippen LogP contribution is -2.06. The van der Waals surface area contributed by atoms with Crippen LogP contribution < -0.4 is 5.73 Å². The van der Waals surface area contributed by atoms with Gasteiger partial charge >= 0.3 is 6.18 Å². The Morgan fingerprint density at radius 3 is 2.09 bits per heavy atom. The van der Waals surface area contributed by atoms with Crippen LogP contribution in [0.4, 0.5) is 24.5 Å². The maximum Gasteiger partial charge on any atom is 0.389 e. The second kappa shape index (κ2) is 9.37. The zero-order valence-electron chi connectivity index (χ0n) is 13.1. The Balaban J connectivity index is 2.09. The van der Waals surface area contributed by atoms with Crippen molar-refractivity contribution in [3.63, 3.8) is 0 Å². The first-order valence-corrected chi connectivity index (χ1v) is 7.89. The molecule has 4 nitrogen and oxygen atoms in total. The maximum atomic E-state index is 11.9. The molecule has 0 saturated carbocycles. The van der Waals surface area contributed by atoms with E-state index in [9.17, 15) is 23.3 Å². The highest BCUT2D eigenvalue weighted by atomic mass is 19.4. The maximum absolute atomic E-state index is 11.9. The van der Waals surface area contributed by atoms with Crippen LogP contribution in [0.15, 0.2) is 18.2 Å². The molecule has 0 unspecified atom stereocenters. The number of benzene rings is 1. The Morgan fingerprint density at radius 2 is 1.57 bits per heavy atom. The van der Waals surface area contributed by atoms with Gasteiger partial charge in [-0.3, -0.25) is 10.1 Å². The highest BCUT2D eigenvalue weighted by Crippen LogP contribution is 2.24. The van der Waals surface area contributed by atoms with Crippen LogP contribution in [0.1, 0.15) is 56.9 Å². The lowest BCUT2D eigenvalue weighted by molar-refractivity contribution is -0.383. The number of nitrogen functional groups attached to an aromatic ring is 1. The van der Waals surface area contributed by atoms with Gasteiger partial charge < -0.3 is 5.73 Å². The van der Waals surface area contributed by atoms with Crippen molar-refractivity contribution in [1.82, 2.24) is 0 Å². The molecule has 130 valence electrons. The van der Waals surface area contributed by atoms with Crippen molar-refractivity contribution in [3.8, 4) is 0 Å². The first-order chi connectivity index (χ1) is 10.8. The molecule has 0 bridgehead atoms. The number of anilines is 1. The molecule has 2 N–H and O–H groups in total. The first kappa shape index (κ1) is 19.3. The summed E-state index contributed by atoms with van der Waals surface area (Å²) in [7, 11) is 0. The molecule has 0 atom stereocenters. The molecule has 1 rings (SSSR count). The number of halogens is 3. The van der Waals surface area contributed by atoms with Gasteiger partial charge in [-0.1, -0.05) is 38.2 Å². The lowest BCUT2D eigenvalue weighted by Gasteiger charge is -2.06. The van der Waals surface area contributed by atoms with Crippen molar-refractivity contribution >= 4 is 11.4 Å². The van der Waals surface area contributed by atoms with Gasteiger partial charge in [-0.2, -0.15) is 13.2 Å². The minimum absolute atomic E-state index is 0.0763. The van der Waals surface area contributed by atoms with E-state index in [1.54, 1.807) is 12.1 Å². The van der Waals surface area contributed by atoms with Crippen molar-refractivity contribution < 1.29 is 18.1 Å². The average Bonchev–Trinajstić information content (AvgIpc) is 2.44. The number of hydrogen-bond acceptors (Lipinski definition) is 3. The summed E-state index contributed by atoms with van der Waals surface area (Å²) in [6.45, 7) is 0.